The number of piperazine rings is 1. The Morgan fingerprint density at radius 1 is 1.35 bits per heavy atom. The zero-order chi connectivity index (χ0) is 16.2. The van der Waals surface area contributed by atoms with Gasteiger partial charge in [0, 0.05) is 47.9 Å². The van der Waals surface area contributed by atoms with E-state index in [4.69, 9.17) is 0 Å². The molecule has 7 heteroatoms. The highest BCUT2D eigenvalue weighted by Crippen LogP contribution is 2.21. The Labute approximate surface area is 148 Å². The maximum Gasteiger partial charge on any atom is 0.238 e. The molecule has 1 saturated heterocycles. The van der Waals surface area contributed by atoms with Crippen LogP contribution in [0.15, 0.2) is 34.2 Å². The summed E-state index contributed by atoms with van der Waals surface area (Å²) < 4.78 is 1.02. The van der Waals surface area contributed by atoms with Gasteiger partial charge in [-0.2, -0.15) is 0 Å². The van der Waals surface area contributed by atoms with Gasteiger partial charge in [-0.15, -0.1) is 11.3 Å². The van der Waals surface area contributed by atoms with Crippen LogP contribution in [-0.2, 0) is 4.79 Å². The molecule has 0 spiro atoms. The molecule has 0 radical (unpaired) electrons. The molecule has 1 aliphatic heterocycles. The van der Waals surface area contributed by atoms with Crippen molar-refractivity contribution in [3.8, 4) is 0 Å². The molecule has 5 nitrogen and oxygen atoms in total. The van der Waals surface area contributed by atoms with E-state index in [0.29, 0.717) is 6.54 Å². The van der Waals surface area contributed by atoms with Crippen molar-refractivity contribution in [1.29, 1.82) is 0 Å². The van der Waals surface area contributed by atoms with Gasteiger partial charge >= 0.3 is 0 Å². The first-order chi connectivity index (χ1) is 11.1. The van der Waals surface area contributed by atoms with Crippen LogP contribution in [0.3, 0.4) is 0 Å². The zero-order valence-electron chi connectivity index (χ0n) is 13.0. The molecule has 1 amide bonds. The number of anilines is 2. The molecule has 2 heterocycles. The number of rotatable bonds is 4. The average Bonchev–Trinajstić information content (AvgIpc) is 3.05. The minimum atomic E-state index is 0.0399. The van der Waals surface area contributed by atoms with E-state index in [1.165, 1.54) is 0 Å². The SMILES string of the molecule is Cc1cc(Br)ccc1NC(=O)CN1CCN(c2nccs2)CC1. The lowest BCUT2D eigenvalue weighted by atomic mass is 10.2. The largest absolute Gasteiger partial charge is 0.346 e. The first kappa shape index (κ1) is 16.4. The van der Waals surface area contributed by atoms with Gasteiger partial charge < -0.3 is 10.2 Å². The minimum absolute atomic E-state index is 0.0399. The summed E-state index contributed by atoms with van der Waals surface area (Å²) in [4.78, 5) is 21.0. The second-order valence-electron chi connectivity index (χ2n) is 5.59. The van der Waals surface area contributed by atoms with Crippen molar-refractivity contribution in [2.75, 3.05) is 42.9 Å². The van der Waals surface area contributed by atoms with Gasteiger partial charge in [0.15, 0.2) is 5.13 Å². The number of halogens is 1. The zero-order valence-corrected chi connectivity index (χ0v) is 15.4. The number of hydrogen-bond donors (Lipinski definition) is 1. The molecule has 3 rings (SSSR count). The number of aromatic nitrogens is 1. The predicted octanol–water partition coefficient (Wildman–Crippen LogP) is 2.97. The molecule has 23 heavy (non-hydrogen) atoms. The molecule has 0 aliphatic carbocycles. The Balaban J connectivity index is 1.49. The standard InChI is InChI=1S/C16H19BrN4OS/c1-12-10-13(17)2-3-14(12)19-15(22)11-20-5-7-21(8-6-20)16-18-4-9-23-16/h2-4,9-10H,5-8,11H2,1H3,(H,19,22). The van der Waals surface area contributed by atoms with E-state index < -0.39 is 0 Å². The third kappa shape index (κ3) is 4.31. The van der Waals surface area contributed by atoms with Gasteiger partial charge in [-0.1, -0.05) is 15.9 Å². The number of benzene rings is 1. The van der Waals surface area contributed by atoms with E-state index in [2.05, 4.69) is 36.0 Å². The summed E-state index contributed by atoms with van der Waals surface area (Å²) in [6.07, 6.45) is 1.83. The summed E-state index contributed by atoms with van der Waals surface area (Å²) in [5.74, 6) is 0.0399. The fourth-order valence-corrected chi connectivity index (χ4v) is 3.80. The minimum Gasteiger partial charge on any atom is -0.346 e. The number of amides is 1. The third-order valence-corrected chi connectivity index (χ3v) is 5.22. The smallest absolute Gasteiger partial charge is 0.238 e. The highest BCUT2D eigenvalue weighted by atomic mass is 79.9. The van der Waals surface area contributed by atoms with Crippen molar-refractivity contribution in [1.82, 2.24) is 9.88 Å². The Bertz CT molecular complexity index is 669. The van der Waals surface area contributed by atoms with Gasteiger partial charge in [-0.05, 0) is 30.7 Å². The van der Waals surface area contributed by atoms with E-state index in [-0.39, 0.29) is 5.91 Å². The highest BCUT2D eigenvalue weighted by molar-refractivity contribution is 9.10. The monoisotopic (exact) mass is 394 g/mol. The normalized spacial score (nSPS) is 15.7. The first-order valence-electron chi connectivity index (χ1n) is 7.54. The molecule has 0 unspecified atom stereocenters. The van der Waals surface area contributed by atoms with Crippen LogP contribution in [0.5, 0.6) is 0 Å². The Hall–Kier alpha value is -1.44. The molecule has 0 saturated carbocycles. The van der Waals surface area contributed by atoms with Crippen LogP contribution in [0.2, 0.25) is 0 Å². The Morgan fingerprint density at radius 3 is 2.78 bits per heavy atom. The number of carbonyl (C=O) groups is 1. The summed E-state index contributed by atoms with van der Waals surface area (Å²) in [5, 5.41) is 6.06. The Kier molecular flexibility index (Phi) is 5.30. The summed E-state index contributed by atoms with van der Waals surface area (Å²) in [7, 11) is 0. The van der Waals surface area contributed by atoms with Crippen LogP contribution in [-0.4, -0.2) is 48.5 Å². The number of hydrogen-bond acceptors (Lipinski definition) is 5. The van der Waals surface area contributed by atoms with Crippen molar-refractivity contribution in [2.24, 2.45) is 0 Å². The number of nitrogens with one attached hydrogen (secondary N) is 1. The number of nitrogens with zero attached hydrogens (tertiary/aromatic N) is 3. The van der Waals surface area contributed by atoms with Crippen LogP contribution in [0.25, 0.3) is 0 Å². The fourth-order valence-electron chi connectivity index (χ4n) is 2.63. The molecular formula is C16H19BrN4OS. The molecule has 1 aromatic carbocycles. The third-order valence-electron chi connectivity index (χ3n) is 3.89. The molecule has 0 atom stereocenters. The number of aryl methyl sites for hydroxylation is 1. The fraction of sp³-hybridized carbons (Fsp3) is 0.375. The van der Waals surface area contributed by atoms with Gasteiger partial charge in [-0.3, -0.25) is 9.69 Å². The predicted molar refractivity (Wildman–Crippen MR) is 98.3 cm³/mol. The molecule has 122 valence electrons. The van der Waals surface area contributed by atoms with Gasteiger partial charge in [0.2, 0.25) is 5.91 Å². The molecule has 1 fully saturated rings. The molecule has 1 N–H and O–H groups in total. The lowest BCUT2D eigenvalue weighted by molar-refractivity contribution is -0.117. The van der Waals surface area contributed by atoms with Gasteiger partial charge in [0.25, 0.3) is 0 Å². The van der Waals surface area contributed by atoms with E-state index in [1.54, 1.807) is 11.3 Å². The van der Waals surface area contributed by atoms with Crippen LogP contribution in [0.4, 0.5) is 10.8 Å². The quantitative estimate of drug-likeness (QED) is 0.865. The van der Waals surface area contributed by atoms with E-state index in [9.17, 15) is 4.79 Å². The first-order valence-corrected chi connectivity index (χ1v) is 9.22. The molecule has 2 aromatic rings. The maximum atomic E-state index is 12.2. The average molecular weight is 395 g/mol. The molecule has 0 bridgehead atoms. The van der Waals surface area contributed by atoms with Crippen LogP contribution in [0.1, 0.15) is 5.56 Å². The number of thiazole rings is 1. The van der Waals surface area contributed by atoms with Crippen molar-refractivity contribution in [2.45, 2.75) is 6.92 Å². The molecular weight excluding hydrogens is 376 g/mol. The van der Waals surface area contributed by atoms with Crippen molar-refractivity contribution in [3.05, 3.63) is 39.8 Å². The summed E-state index contributed by atoms with van der Waals surface area (Å²) in [6, 6.07) is 5.87. The molecule has 1 aromatic heterocycles. The van der Waals surface area contributed by atoms with Crippen molar-refractivity contribution < 1.29 is 4.79 Å². The summed E-state index contributed by atoms with van der Waals surface area (Å²) in [6.45, 7) is 6.02. The van der Waals surface area contributed by atoms with Crippen LogP contribution < -0.4 is 10.2 Å². The lowest BCUT2D eigenvalue weighted by Crippen LogP contribution is -2.48. The topological polar surface area (TPSA) is 48.5 Å². The van der Waals surface area contributed by atoms with Gasteiger partial charge in [-0.25, -0.2) is 4.98 Å². The van der Waals surface area contributed by atoms with Crippen LogP contribution >= 0.6 is 27.3 Å². The summed E-state index contributed by atoms with van der Waals surface area (Å²) >= 11 is 5.10. The van der Waals surface area contributed by atoms with E-state index >= 15 is 0 Å². The van der Waals surface area contributed by atoms with Gasteiger partial charge in [0.1, 0.15) is 0 Å². The second kappa shape index (κ2) is 7.42. The van der Waals surface area contributed by atoms with Crippen molar-refractivity contribution in [3.63, 3.8) is 0 Å². The van der Waals surface area contributed by atoms with Crippen molar-refractivity contribution >= 4 is 44.0 Å². The Morgan fingerprint density at radius 2 is 2.13 bits per heavy atom. The van der Waals surface area contributed by atoms with E-state index in [0.717, 1.165) is 47.0 Å². The highest BCUT2D eigenvalue weighted by Gasteiger charge is 2.20. The van der Waals surface area contributed by atoms with E-state index in [1.807, 2.05) is 36.7 Å². The van der Waals surface area contributed by atoms with Gasteiger partial charge in [0.05, 0.1) is 6.54 Å². The molecule has 1 aliphatic rings. The van der Waals surface area contributed by atoms with Crippen LogP contribution in [0, 0.1) is 6.92 Å². The second-order valence-corrected chi connectivity index (χ2v) is 7.37. The number of carbonyl (C=O) groups excluding carboxylic acids is 1. The summed E-state index contributed by atoms with van der Waals surface area (Å²) in [5.41, 5.74) is 1.93. The lowest BCUT2D eigenvalue weighted by Gasteiger charge is -2.34. The maximum absolute atomic E-state index is 12.2.